The number of aliphatic hydroxyl groups excluding tert-OH is 1. The number of carbonyl (C=O) groups excluding carboxylic acids is 4. The summed E-state index contributed by atoms with van der Waals surface area (Å²) in [4.78, 5) is 62.9. The van der Waals surface area contributed by atoms with Gasteiger partial charge < -0.3 is 5.11 Å². The molecule has 43 heavy (non-hydrogen) atoms. The first kappa shape index (κ1) is 30.3. The molecule has 0 aliphatic carbocycles. The second kappa shape index (κ2) is 14.8. The third-order valence-electron chi connectivity index (χ3n) is 6.84. The quantitative estimate of drug-likeness (QED) is 0.189. The highest BCUT2D eigenvalue weighted by Crippen LogP contribution is 2.22. The molecule has 1 saturated heterocycles. The van der Waals surface area contributed by atoms with E-state index in [-0.39, 0.29) is 19.6 Å². The number of urea groups is 2. The Morgan fingerprint density at radius 2 is 1.00 bits per heavy atom. The molecule has 0 bridgehead atoms. The Bertz CT molecular complexity index is 1630. The molecular weight excluding hydrogens is 548 g/mol. The Kier molecular flexibility index (Phi) is 10.5. The molecule has 1 aliphatic rings. The minimum absolute atomic E-state index is 0.0790. The average Bonchev–Trinajstić information content (AvgIpc) is 3.02. The van der Waals surface area contributed by atoms with Crippen LogP contribution in [0.15, 0.2) is 100 Å². The van der Waals surface area contributed by atoms with Crippen molar-refractivity contribution in [2.75, 3.05) is 19.6 Å². The number of aliphatic imine (C=N–C) groups is 3. The molecule has 0 radical (unpaired) electrons. The van der Waals surface area contributed by atoms with Gasteiger partial charge in [0, 0.05) is 25.5 Å². The number of benzene rings is 3. The normalized spacial score (nSPS) is 14.3. The number of aliphatic hydroxyl groups is 1. The number of rotatable bonds is 12. The summed E-state index contributed by atoms with van der Waals surface area (Å²) in [7, 11) is 0. The molecule has 216 valence electrons. The lowest BCUT2D eigenvalue weighted by molar-refractivity contribution is -0.0919. The number of hydrogen-bond acceptors (Lipinski definition) is 8. The summed E-state index contributed by atoms with van der Waals surface area (Å²) in [5.41, 5.74) is 6.65. The van der Waals surface area contributed by atoms with E-state index in [9.17, 15) is 24.3 Å². The van der Waals surface area contributed by atoms with Crippen molar-refractivity contribution in [1.82, 2.24) is 14.7 Å². The van der Waals surface area contributed by atoms with E-state index in [0.29, 0.717) is 36.3 Å². The maximum Gasteiger partial charge on any atom is 0.331 e. The van der Waals surface area contributed by atoms with E-state index in [1.54, 1.807) is 60.7 Å². The van der Waals surface area contributed by atoms with Crippen LogP contribution in [-0.2, 0) is 28.9 Å². The SMILES string of the molecule is C=C=C=Nc1ccc(CCN2C(=O)N(CCc3ccc(N=C=O)cc3)C(=O)N(CCc3ccc(N=C=O)cc3)C2O)cc1. The number of hydrogen-bond donors (Lipinski definition) is 1. The summed E-state index contributed by atoms with van der Waals surface area (Å²) < 4.78 is 0. The lowest BCUT2D eigenvalue weighted by Gasteiger charge is -2.44. The Hall–Kier alpha value is -5.65. The molecule has 1 heterocycles. The predicted octanol–water partition coefficient (Wildman–Crippen LogP) is 4.73. The van der Waals surface area contributed by atoms with Crippen LogP contribution in [0.25, 0.3) is 0 Å². The van der Waals surface area contributed by atoms with Gasteiger partial charge in [-0.3, -0.25) is 9.80 Å². The molecule has 0 saturated carbocycles. The summed E-state index contributed by atoms with van der Waals surface area (Å²) in [5, 5.41) is 11.2. The van der Waals surface area contributed by atoms with Crippen LogP contribution in [0.2, 0.25) is 0 Å². The predicted molar refractivity (Wildman–Crippen MR) is 159 cm³/mol. The van der Waals surface area contributed by atoms with Gasteiger partial charge in [-0.1, -0.05) is 42.1 Å². The number of isocyanates is 2. The lowest BCUT2D eigenvalue weighted by atomic mass is 10.1. The van der Waals surface area contributed by atoms with E-state index < -0.39 is 18.4 Å². The Morgan fingerprint density at radius 3 is 1.37 bits per heavy atom. The maximum absolute atomic E-state index is 13.5. The third-order valence-corrected chi connectivity index (χ3v) is 6.84. The molecule has 0 spiro atoms. The van der Waals surface area contributed by atoms with E-state index in [0.717, 1.165) is 21.6 Å². The molecule has 1 fully saturated rings. The number of imide groups is 1. The zero-order valence-corrected chi connectivity index (χ0v) is 23.2. The van der Waals surface area contributed by atoms with E-state index >= 15 is 0 Å². The lowest BCUT2D eigenvalue weighted by Crippen LogP contribution is -2.67. The van der Waals surface area contributed by atoms with Gasteiger partial charge in [-0.2, -0.15) is 15.0 Å². The first-order valence-corrected chi connectivity index (χ1v) is 13.4. The van der Waals surface area contributed by atoms with E-state index in [1.807, 2.05) is 12.1 Å². The maximum atomic E-state index is 13.5. The van der Waals surface area contributed by atoms with Crippen LogP contribution in [0.3, 0.4) is 0 Å². The van der Waals surface area contributed by atoms with Crippen LogP contribution in [0.4, 0.5) is 26.7 Å². The van der Waals surface area contributed by atoms with Crippen molar-refractivity contribution in [3.63, 3.8) is 0 Å². The Morgan fingerprint density at radius 1 is 0.628 bits per heavy atom. The minimum Gasteiger partial charge on any atom is -0.356 e. The second-order valence-corrected chi connectivity index (χ2v) is 9.51. The molecule has 11 nitrogen and oxygen atoms in total. The van der Waals surface area contributed by atoms with Crippen molar-refractivity contribution in [2.24, 2.45) is 15.0 Å². The van der Waals surface area contributed by atoms with Crippen LogP contribution in [-0.4, -0.2) is 75.9 Å². The van der Waals surface area contributed by atoms with Crippen molar-refractivity contribution in [1.29, 1.82) is 0 Å². The standard InChI is InChI=1S/C32H28N6O5/c1-2-18-33-27-9-3-24(4-10-27)15-19-36-30(41)37(20-16-25-5-11-28(12-6-25)34-22-39)32(43)38(31(36)42)21-17-26-7-13-29(14-8-26)35-23-40/h3-14,30,41H,1,15-17,19-21H2. The van der Waals surface area contributed by atoms with Crippen LogP contribution < -0.4 is 0 Å². The van der Waals surface area contributed by atoms with E-state index in [2.05, 4.69) is 33.2 Å². The van der Waals surface area contributed by atoms with Crippen LogP contribution in [0, 0.1) is 0 Å². The average molecular weight is 577 g/mol. The molecule has 1 aliphatic heterocycles. The first-order valence-electron chi connectivity index (χ1n) is 13.4. The van der Waals surface area contributed by atoms with Crippen molar-refractivity contribution in [3.05, 3.63) is 102 Å². The number of nitrogens with zero attached hydrogens (tertiary/aromatic N) is 6. The molecule has 1 N–H and O–H groups in total. The monoisotopic (exact) mass is 576 g/mol. The van der Waals surface area contributed by atoms with Crippen molar-refractivity contribution < 1.29 is 24.3 Å². The Balaban J connectivity index is 1.51. The van der Waals surface area contributed by atoms with Crippen LogP contribution in [0.5, 0.6) is 0 Å². The highest BCUT2D eigenvalue weighted by Gasteiger charge is 2.42. The fraction of sp³-hybridized carbons (Fsp3) is 0.219. The van der Waals surface area contributed by atoms with Crippen molar-refractivity contribution >= 4 is 47.2 Å². The molecule has 1 unspecified atom stereocenters. The van der Waals surface area contributed by atoms with Crippen LogP contribution >= 0.6 is 0 Å². The zero-order chi connectivity index (χ0) is 30.6. The summed E-state index contributed by atoms with van der Waals surface area (Å²) in [5.74, 6) is 2.55. The molecule has 11 heteroatoms. The van der Waals surface area contributed by atoms with Gasteiger partial charge in [-0.15, -0.1) is 0 Å². The van der Waals surface area contributed by atoms with E-state index in [1.165, 1.54) is 22.0 Å². The van der Waals surface area contributed by atoms with Gasteiger partial charge in [-0.05, 0) is 78.9 Å². The first-order chi connectivity index (χ1) is 20.9. The molecule has 4 rings (SSSR count). The summed E-state index contributed by atoms with van der Waals surface area (Å²) in [6, 6.07) is 19.8. The molecule has 3 aromatic carbocycles. The summed E-state index contributed by atoms with van der Waals surface area (Å²) >= 11 is 0. The second-order valence-electron chi connectivity index (χ2n) is 9.51. The molecule has 0 aromatic heterocycles. The van der Waals surface area contributed by atoms with Crippen molar-refractivity contribution in [3.8, 4) is 0 Å². The fourth-order valence-corrected chi connectivity index (χ4v) is 4.53. The third kappa shape index (κ3) is 7.97. The smallest absolute Gasteiger partial charge is 0.331 e. The van der Waals surface area contributed by atoms with Gasteiger partial charge in [0.15, 0.2) is 0 Å². The topological polar surface area (TPSA) is 135 Å². The highest BCUT2D eigenvalue weighted by atomic mass is 16.3. The van der Waals surface area contributed by atoms with Gasteiger partial charge in [0.2, 0.25) is 18.5 Å². The summed E-state index contributed by atoms with van der Waals surface area (Å²) in [6.45, 7) is 3.81. The van der Waals surface area contributed by atoms with Crippen molar-refractivity contribution in [2.45, 2.75) is 25.6 Å². The van der Waals surface area contributed by atoms with Gasteiger partial charge in [0.25, 0.3) is 0 Å². The number of amides is 4. The van der Waals surface area contributed by atoms with Crippen LogP contribution in [0.1, 0.15) is 16.7 Å². The van der Waals surface area contributed by atoms with Gasteiger partial charge in [-0.25, -0.2) is 24.1 Å². The van der Waals surface area contributed by atoms with Gasteiger partial charge >= 0.3 is 12.1 Å². The molecule has 4 amide bonds. The van der Waals surface area contributed by atoms with Gasteiger partial charge in [0.1, 0.15) is 0 Å². The number of carbonyl (C=O) groups is 2. The zero-order valence-electron chi connectivity index (χ0n) is 23.2. The molecular formula is C32H28N6O5. The fourth-order valence-electron chi connectivity index (χ4n) is 4.53. The molecule has 3 aromatic rings. The molecule has 1 atom stereocenters. The Labute approximate surface area is 248 Å². The van der Waals surface area contributed by atoms with Gasteiger partial charge in [0.05, 0.1) is 17.1 Å². The minimum atomic E-state index is -1.46. The summed E-state index contributed by atoms with van der Waals surface area (Å²) in [6.07, 6.45) is 2.70. The highest BCUT2D eigenvalue weighted by molar-refractivity contribution is 5.96. The van der Waals surface area contributed by atoms with E-state index in [4.69, 9.17) is 0 Å². The largest absolute Gasteiger partial charge is 0.356 e.